The molecule has 3 aromatic rings. The Kier molecular flexibility index (Phi) is 2.93. The number of aromatic nitrogens is 4. The van der Waals surface area contributed by atoms with E-state index in [9.17, 15) is 0 Å². The third kappa shape index (κ3) is 1.68. The average molecular weight is 274 g/mol. The van der Waals surface area contributed by atoms with Crippen LogP contribution in [0.15, 0.2) is 12.1 Å². The normalized spacial score (nSPS) is 11.2. The smallest absolute Gasteiger partial charge is 0.373 e. The molecule has 0 amide bonds. The first-order chi connectivity index (χ1) is 9.69. The van der Waals surface area contributed by atoms with Gasteiger partial charge in [-0.25, -0.2) is 4.98 Å². The number of hydrogen-bond donors (Lipinski definition) is 1. The molecule has 0 radical (unpaired) electrons. The highest BCUT2D eigenvalue weighted by atomic mass is 16.5. The topological polar surface area (TPSA) is 65.4 Å². The van der Waals surface area contributed by atoms with E-state index in [-0.39, 0.29) is 0 Å². The summed E-state index contributed by atoms with van der Waals surface area (Å²) in [5.74, 6) is 2.46. The van der Waals surface area contributed by atoms with Gasteiger partial charge < -0.3 is 9.47 Å². The zero-order valence-electron chi connectivity index (χ0n) is 12.1. The van der Waals surface area contributed by atoms with Gasteiger partial charge in [-0.3, -0.25) is 0 Å². The van der Waals surface area contributed by atoms with E-state index in [1.54, 1.807) is 14.2 Å². The molecule has 0 atom stereocenters. The zero-order chi connectivity index (χ0) is 14.3. The lowest BCUT2D eigenvalue weighted by atomic mass is 10.2. The average Bonchev–Trinajstić information content (AvgIpc) is 2.91. The van der Waals surface area contributed by atoms with Crippen LogP contribution in [0.1, 0.15) is 18.4 Å². The molecule has 0 fully saturated rings. The lowest BCUT2D eigenvalue weighted by molar-refractivity contribution is -0.509. The highest BCUT2D eigenvalue weighted by molar-refractivity contribution is 5.74. The monoisotopic (exact) mass is 274 g/mol. The van der Waals surface area contributed by atoms with Gasteiger partial charge in [0.05, 0.1) is 25.4 Å². The van der Waals surface area contributed by atoms with Crippen molar-refractivity contribution < 1.29 is 18.9 Å². The van der Waals surface area contributed by atoms with E-state index in [1.165, 1.54) is 0 Å². The lowest BCUT2D eigenvalue weighted by Crippen LogP contribution is -2.31. The number of fused-ring (bicyclic) bond motifs is 3. The minimum atomic E-state index is 0.703. The number of H-pyrrole nitrogens is 2. The molecule has 6 heteroatoms. The molecule has 2 heterocycles. The number of benzene rings is 1. The minimum absolute atomic E-state index is 0.703. The maximum atomic E-state index is 5.39. The van der Waals surface area contributed by atoms with Crippen LogP contribution in [0.3, 0.4) is 0 Å². The van der Waals surface area contributed by atoms with Gasteiger partial charge in [-0.05, 0) is 0 Å². The van der Waals surface area contributed by atoms with Crippen molar-refractivity contribution >= 4 is 16.7 Å². The third-order valence-corrected chi connectivity index (χ3v) is 3.51. The molecule has 0 spiro atoms. The van der Waals surface area contributed by atoms with Crippen molar-refractivity contribution in [2.24, 2.45) is 0 Å². The van der Waals surface area contributed by atoms with Crippen LogP contribution < -0.4 is 18.9 Å². The van der Waals surface area contributed by atoms with Crippen molar-refractivity contribution in [2.75, 3.05) is 14.2 Å². The van der Waals surface area contributed by atoms with Crippen LogP contribution in [0, 0.1) is 6.92 Å². The second-order valence-corrected chi connectivity index (χ2v) is 4.66. The Bertz CT molecular complexity index is 795. The van der Waals surface area contributed by atoms with E-state index in [0.717, 1.165) is 34.6 Å². The number of ether oxygens (including phenoxy) is 2. The Morgan fingerprint density at radius 1 is 1.25 bits per heavy atom. The highest BCUT2D eigenvalue weighted by Crippen LogP contribution is 2.29. The zero-order valence-corrected chi connectivity index (χ0v) is 12.1. The van der Waals surface area contributed by atoms with Gasteiger partial charge in [-0.15, -0.1) is 5.10 Å². The summed E-state index contributed by atoms with van der Waals surface area (Å²) >= 11 is 0. The largest absolute Gasteiger partial charge is 0.493 e. The van der Waals surface area contributed by atoms with Crippen LogP contribution >= 0.6 is 0 Å². The third-order valence-electron chi connectivity index (χ3n) is 3.51. The number of nitrogens with one attached hydrogen (secondary N) is 2. The molecule has 104 valence electrons. The molecule has 0 aliphatic heterocycles. The minimum Gasteiger partial charge on any atom is -0.493 e. The number of hydrogen-bond acceptors (Lipinski definition) is 3. The van der Waals surface area contributed by atoms with Gasteiger partial charge in [0, 0.05) is 19.4 Å². The first-order valence-corrected chi connectivity index (χ1v) is 6.56. The summed E-state index contributed by atoms with van der Waals surface area (Å²) in [4.78, 5) is 3.36. The predicted molar refractivity (Wildman–Crippen MR) is 73.0 cm³/mol. The fourth-order valence-electron chi connectivity index (χ4n) is 2.50. The van der Waals surface area contributed by atoms with E-state index in [0.29, 0.717) is 11.5 Å². The van der Waals surface area contributed by atoms with Crippen molar-refractivity contribution in [1.82, 2.24) is 10.2 Å². The molecule has 2 aromatic heterocycles. The van der Waals surface area contributed by atoms with Crippen molar-refractivity contribution in [2.45, 2.75) is 20.3 Å². The van der Waals surface area contributed by atoms with Crippen molar-refractivity contribution in [3.8, 4) is 11.5 Å². The maximum Gasteiger partial charge on any atom is 0.373 e. The summed E-state index contributed by atoms with van der Waals surface area (Å²) in [6.45, 7) is 4.10. The summed E-state index contributed by atoms with van der Waals surface area (Å²) in [5, 5.41) is 7.46. The summed E-state index contributed by atoms with van der Waals surface area (Å²) in [7, 11) is 3.27. The van der Waals surface area contributed by atoms with Crippen LogP contribution in [0.5, 0.6) is 11.5 Å². The molecule has 0 aliphatic rings. The lowest BCUT2D eigenvalue weighted by Gasteiger charge is -2.06. The maximum absolute atomic E-state index is 5.39. The van der Waals surface area contributed by atoms with Gasteiger partial charge in [0.25, 0.3) is 5.69 Å². The van der Waals surface area contributed by atoms with Gasteiger partial charge in [0.15, 0.2) is 17.0 Å². The van der Waals surface area contributed by atoms with E-state index in [1.807, 2.05) is 19.1 Å². The van der Waals surface area contributed by atoms with Gasteiger partial charge in [0.2, 0.25) is 11.3 Å². The van der Waals surface area contributed by atoms with Crippen LogP contribution in [-0.2, 0) is 6.42 Å². The van der Waals surface area contributed by atoms with Gasteiger partial charge in [-0.1, -0.05) is 6.92 Å². The fraction of sp³-hybridized carbons (Fsp3) is 0.357. The SMILES string of the molecule is CCc1[nH]nc2c(C)[nH+]c3cc(OC)c(OC)cc3[n+]12. The number of rotatable bonds is 3. The molecule has 0 aliphatic carbocycles. The molecule has 0 saturated carbocycles. The molecular formula is C14H18N4O2+2. The van der Waals surface area contributed by atoms with Crippen molar-refractivity contribution in [3.63, 3.8) is 0 Å². The van der Waals surface area contributed by atoms with E-state index >= 15 is 0 Å². The Hall–Kier alpha value is -2.37. The molecule has 2 N–H and O–H groups in total. The van der Waals surface area contributed by atoms with Crippen LogP contribution in [0.2, 0.25) is 0 Å². The predicted octanol–water partition coefficient (Wildman–Crippen LogP) is 1.00. The Morgan fingerprint density at radius 3 is 2.60 bits per heavy atom. The number of nitrogens with zero attached hydrogens (tertiary/aromatic N) is 2. The van der Waals surface area contributed by atoms with Gasteiger partial charge >= 0.3 is 5.65 Å². The van der Waals surface area contributed by atoms with Gasteiger partial charge in [0.1, 0.15) is 0 Å². The van der Waals surface area contributed by atoms with E-state index in [2.05, 4.69) is 26.5 Å². The second kappa shape index (κ2) is 4.63. The Morgan fingerprint density at radius 2 is 1.95 bits per heavy atom. The summed E-state index contributed by atoms with van der Waals surface area (Å²) in [6.07, 6.45) is 0.869. The van der Waals surface area contributed by atoms with Crippen LogP contribution in [-0.4, -0.2) is 24.4 Å². The summed E-state index contributed by atoms with van der Waals surface area (Å²) < 4.78 is 12.9. The fourth-order valence-corrected chi connectivity index (χ4v) is 2.50. The van der Waals surface area contributed by atoms with E-state index < -0.39 is 0 Å². The van der Waals surface area contributed by atoms with Crippen molar-refractivity contribution in [3.05, 3.63) is 23.7 Å². The highest BCUT2D eigenvalue weighted by Gasteiger charge is 2.24. The number of aromatic amines is 2. The Balaban J connectivity index is 2.48. The van der Waals surface area contributed by atoms with Crippen molar-refractivity contribution in [1.29, 1.82) is 0 Å². The van der Waals surface area contributed by atoms with Crippen LogP contribution in [0.25, 0.3) is 16.7 Å². The molecule has 20 heavy (non-hydrogen) atoms. The molecule has 0 bridgehead atoms. The number of methoxy groups -OCH3 is 2. The molecular weight excluding hydrogens is 256 g/mol. The van der Waals surface area contributed by atoms with Crippen LogP contribution in [0.4, 0.5) is 0 Å². The summed E-state index contributed by atoms with van der Waals surface area (Å²) in [6, 6.07) is 3.91. The molecule has 6 nitrogen and oxygen atoms in total. The molecule has 3 rings (SSSR count). The second-order valence-electron chi connectivity index (χ2n) is 4.66. The first kappa shape index (κ1) is 12.7. The number of aryl methyl sites for hydroxylation is 2. The molecule has 0 saturated heterocycles. The molecule has 0 unspecified atom stereocenters. The first-order valence-electron chi connectivity index (χ1n) is 6.56. The quantitative estimate of drug-likeness (QED) is 0.725. The standard InChI is InChI=1S/C14H16N4O2/c1-5-13-16-17-14-8(2)15-9-6-11(19-3)12(20-4)7-10(9)18(13)14/h6-7H,5H2,1-4H3/p+2. The van der Waals surface area contributed by atoms with E-state index in [4.69, 9.17) is 9.47 Å². The summed E-state index contributed by atoms with van der Waals surface area (Å²) in [5.41, 5.74) is 3.88. The van der Waals surface area contributed by atoms with Gasteiger partial charge in [-0.2, -0.15) is 4.40 Å². The molecule has 1 aromatic carbocycles. The Labute approximate surface area is 116 Å².